The van der Waals surface area contributed by atoms with E-state index in [9.17, 15) is 28.0 Å². The number of rotatable bonds is 4. The third-order valence-electron chi connectivity index (χ3n) is 2.56. The molecule has 2 aromatic carbocycles. The van der Waals surface area contributed by atoms with Crippen molar-refractivity contribution in [3.05, 3.63) is 58.4 Å². The molecule has 0 aliphatic rings. The van der Waals surface area contributed by atoms with Crippen molar-refractivity contribution in [2.75, 3.05) is 4.72 Å². The number of nitro groups is 1. The Morgan fingerprint density at radius 3 is 2.48 bits per heavy atom. The highest BCUT2D eigenvalue weighted by Gasteiger charge is 2.21. The summed E-state index contributed by atoms with van der Waals surface area (Å²) in [6.07, 6.45) is 0. The summed E-state index contributed by atoms with van der Waals surface area (Å²) in [5.74, 6) is -1.49. The largest absolute Gasteiger partial charge is 0.506 e. The Labute approximate surface area is 118 Å². The number of nitro benzene ring substituents is 1. The minimum atomic E-state index is -4.32. The van der Waals surface area contributed by atoms with Crippen LogP contribution in [0.2, 0.25) is 0 Å². The highest BCUT2D eigenvalue weighted by Crippen LogP contribution is 2.30. The van der Waals surface area contributed by atoms with Gasteiger partial charge in [-0.15, -0.1) is 0 Å². The number of sulfonamides is 1. The Bertz CT molecular complexity index is 807. The molecule has 0 aliphatic heterocycles. The Kier molecular flexibility index (Phi) is 3.76. The Morgan fingerprint density at radius 1 is 1.19 bits per heavy atom. The van der Waals surface area contributed by atoms with E-state index in [4.69, 9.17) is 0 Å². The van der Waals surface area contributed by atoms with Gasteiger partial charge in [-0.1, -0.05) is 12.1 Å². The van der Waals surface area contributed by atoms with Crippen LogP contribution < -0.4 is 4.72 Å². The molecule has 0 heterocycles. The quantitative estimate of drug-likeness (QED) is 0.511. The van der Waals surface area contributed by atoms with Gasteiger partial charge in [-0.2, -0.15) is 0 Å². The second-order valence-electron chi connectivity index (χ2n) is 3.99. The van der Waals surface area contributed by atoms with Gasteiger partial charge in [0.1, 0.15) is 16.5 Å². The van der Waals surface area contributed by atoms with Gasteiger partial charge in [0.15, 0.2) is 0 Å². The van der Waals surface area contributed by atoms with Gasteiger partial charge in [-0.3, -0.25) is 14.8 Å². The average Bonchev–Trinajstić information content (AvgIpc) is 2.41. The number of aromatic hydroxyl groups is 1. The fourth-order valence-electron chi connectivity index (χ4n) is 1.58. The predicted molar refractivity (Wildman–Crippen MR) is 72.0 cm³/mol. The minimum Gasteiger partial charge on any atom is -0.506 e. The number of hydrogen-bond donors (Lipinski definition) is 2. The van der Waals surface area contributed by atoms with Crippen LogP contribution in [0.15, 0.2) is 47.4 Å². The SMILES string of the molecule is O=[N+]([O-])c1ccc(O)c(NS(=O)(=O)c2ccccc2F)c1. The standard InChI is InChI=1S/C12H9FN2O5S/c13-9-3-1-2-4-12(9)21(19,20)14-10-7-8(15(17)18)5-6-11(10)16/h1-7,14,16H. The van der Waals surface area contributed by atoms with E-state index in [1.165, 1.54) is 12.1 Å². The van der Waals surface area contributed by atoms with Crippen LogP contribution in [0, 0.1) is 15.9 Å². The summed E-state index contributed by atoms with van der Waals surface area (Å²) in [5.41, 5.74) is -0.827. The van der Waals surface area contributed by atoms with Gasteiger partial charge in [0.2, 0.25) is 0 Å². The number of nitrogens with zero attached hydrogens (tertiary/aromatic N) is 1. The highest BCUT2D eigenvalue weighted by atomic mass is 32.2. The van der Waals surface area contributed by atoms with Crippen molar-refractivity contribution in [3.63, 3.8) is 0 Å². The molecule has 0 aliphatic carbocycles. The second-order valence-corrected chi connectivity index (χ2v) is 5.65. The van der Waals surface area contributed by atoms with E-state index in [-0.39, 0.29) is 0 Å². The predicted octanol–water partition coefficient (Wildman–Crippen LogP) is 2.24. The zero-order valence-electron chi connectivity index (χ0n) is 10.4. The number of halogens is 1. The molecule has 21 heavy (non-hydrogen) atoms. The molecule has 0 saturated carbocycles. The Hall–Kier alpha value is -2.68. The maximum Gasteiger partial charge on any atom is 0.271 e. The second kappa shape index (κ2) is 5.37. The highest BCUT2D eigenvalue weighted by molar-refractivity contribution is 7.92. The minimum absolute atomic E-state index is 0.410. The van der Waals surface area contributed by atoms with E-state index in [1.807, 2.05) is 4.72 Å². The number of non-ortho nitro benzene ring substituents is 1. The first-order valence-electron chi connectivity index (χ1n) is 5.56. The molecule has 0 radical (unpaired) electrons. The van der Waals surface area contributed by atoms with Gasteiger partial charge in [0.25, 0.3) is 15.7 Å². The molecule has 110 valence electrons. The van der Waals surface area contributed by atoms with E-state index in [0.717, 1.165) is 30.3 Å². The van der Waals surface area contributed by atoms with Crippen molar-refractivity contribution in [2.24, 2.45) is 0 Å². The summed E-state index contributed by atoms with van der Waals surface area (Å²) < 4.78 is 39.5. The lowest BCUT2D eigenvalue weighted by atomic mass is 10.2. The number of phenolic OH excluding ortho intramolecular Hbond substituents is 1. The van der Waals surface area contributed by atoms with Gasteiger partial charge in [0.05, 0.1) is 10.6 Å². The maximum atomic E-state index is 13.5. The van der Waals surface area contributed by atoms with E-state index >= 15 is 0 Å². The van der Waals surface area contributed by atoms with Crippen LogP contribution in [-0.4, -0.2) is 18.4 Å². The van der Waals surface area contributed by atoms with Crippen molar-refractivity contribution in [2.45, 2.75) is 4.90 Å². The van der Waals surface area contributed by atoms with Crippen LogP contribution >= 0.6 is 0 Å². The first-order chi connectivity index (χ1) is 9.81. The van der Waals surface area contributed by atoms with E-state index < -0.39 is 42.8 Å². The number of nitrogens with one attached hydrogen (secondary N) is 1. The molecule has 0 saturated heterocycles. The molecule has 2 aromatic rings. The fraction of sp³-hybridized carbons (Fsp3) is 0. The fourth-order valence-corrected chi connectivity index (χ4v) is 2.73. The smallest absolute Gasteiger partial charge is 0.271 e. The monoisotopic (exact) mass is 312 g/mol. The van der Waals surface area contributed by atoms with Gasteiger partial charge in [0, 0.05) is 12.1 Å². The first-order valence-corrected chi connectivity index (χ1v) is 7.04. The van der Waals surface area contributed by atoms with Crippen LogP contribution in [0.4, 0.5) is 15.8 Å². The lowest BCUT2D eigenvalue weighted by molar-refractivity contribution is -0.384. The average molecular weight is 312 g/mol. The molecule has 0 spiro atoms. The summed E-state index contributed by atoms with van der Waals surface area (Å²) in [4.78, 5) is 9.26. The molecule has 0 unspecified atom stereocenters. The van der Waals surface area contributed by atoms with Crippen LogP contribution in [-0.2, 0) is 10.0 Å². The van der Waals surface area contributed by atoms with Gasteiger partial charge < -0.3 is 5.11 Å². The van der Waals surface area contributed by atoms with E-state index in [1.54, 1.807) is 0 Å². The van der Waals surface area contributed by atoms with Crippen LogP contribution in [0.3, 0.4) is 0 Å². The van der Waals surface area contributed by atoms with Crippen molar-refractivity contribution < 1.29 is 22.8 Å². The van der Waals surface area contributed by atoms with Crippen LogP contribution in [0.25, 0.3) is 0 Å². The van der Waals surface area contributed by atoms with Gasteiger partial charge in [-0.25, -0.2) is 12.8 Å². The molecule has 2 N–H and O–H groups in total. The zero-order chi connectivity index (χ0) is 15.6. The molecule has 0 aromatic heterocycles. The number of hydrogen-bond acceptors (Lipinski definition) is 5. The molecule has 0 atom stereocenters. The lowest BCUT2D eigenvalue weighted by Crippen LogP contribution is -2.14. The first kappa shape index (κ1) is 14.7. The molecule has 7 nitrogen and oxygen atoms in total. The summed E-state index contributed by atoms with van der Waals surface area (Å²) in [6.45, 7) is 0. The summed E-state index contributed by atoms with van der Waals surface area (Å²) in [6, 6.07) is 7.46. The third-order valence-corrected chi connectivity index (χ3v) is 3.96. The molecule has 0 fully saturated rings. The summed E-state index contributed by atoms with van der Waals surface area (Å²) in [5, 5.41) is 20.2. The molecule has 2 rings (SSSR count). The van der Waals surface area contributed by atoms with Crippen molar-refractivity contribution in [3.8, 4) is 5.75 Å². The molecule has 0 bridgehead atoms. The summed E-state index contributed by atoms with van der Waals surface area (Å²) in [7, 11) is -4.32. The number of anilines is 1. The van der Waals surface area contributed by atoms with E-state index in [0.29, 0.717) is 0 Å². The molecular formula is C12H9FN2O5S. The lowest BCUT2D eigenvalue weighted by Gasteiger charge is -2.10. The zero-order valence-corrected chi connectivity index (χ0v) is 11.2. The van der Waals surface area contributed by atoms with Crippen molar-refractivity contribution in [1.29, 1.82) is 0 Å². The third kappa shape index (κ3) is 3.08. The van der Waals surface area contributed by atoms with Crippen LogP contribution in [0.5, 0.6) is 5.75 Å². The van der Waals surface area contributed by atoms with Crippen molar-refractivity contribution >= 4 is 21.4 Å². The molecule has 0 amide bonds. The Morgan fingerprint density at radius 2 is 1.86 bits per heavy atom. The van der Waals surface area contributed by atoms with Gasteiger partial charge >= 0.3 is 0 Å². The van der Waals surface area contributed by atoms with Crippen molar-refractivity contribution in [1.82, 2.24) is 0 Å². The molecular weight excluding hydrogens is 303 g/mol. The number of phenols is 1. The molecule has 9 heteroatoms. The maximum absolute atomic E-state index is 13.5. The summed E-state index contributed by atoms with van der Waals surface area (Å²) >= 11 is 0. The Balaban J connectivity index is 2.44. The number of benzene rings is 2. The van der Waals surface area contributed by atoms with Crippen LogP contribution in [0.1, 0.15) is 0 Å². The van der Waals surface area contributed by atoms with E-state index in [2.05, 4.69) is 0 Å². The normalized spacial score (nSPS) is 11.1. The van der Waals surface area contributed by atoms with Gasteiger partial charge in [-0.05, 0) is 18.2 Å². The topological polar surface area (TPSA) is 110 Å².